The van der Waals surface area contributed by atoms with Crippen molar-refractivity contribution >= 4 is 43.5 Å². The van der Waals surface area contributed by atoms with Gasteiger partial charge >= 0.3 is 35.6 Å². The number of piperidine rings is 1. The van der Waals surface area contributed by atoms with Crippen LogP contribution in [0, 0.1) is 12.7 Å². The van der Waals surface area contributed by atoms with E-state index in [1.165, 1.54) is 12.5 Å². The molecule has 134 valence electrons. The van der Waals surface area contributed by atoms with E-state index in [1.54, 1.807) is 6.07 Å². The second kappa shape index (κ2) is 10.7. The Labute approximate surface area is 167 Å². The van der Waals surface area contributed by atoms with E-state index in [-0.39, 0.29) is 5.82 Å². The fourth-order valence-electron chi connectivity index (χ4n) is 2.91. The first kappa shape index (κ1) is 21.0. The van der Waals surface area contributed by atoms with E-state index in [4.69, 9.17) is 18.6 Å². The molecule has 25 heavy (non-hydrogen) atoms. The standard InChI is InChI=1S/C18H21FNOP.2ClH.Ti/c1-13-6-5-7-17(18(13)21)22-16-9-8-14(19)12-15(16)20-10-3-2-4-11-20;;;/h5-9,12,21-22H,2-4,10-11H2,1H3;2*1H;/q;;;+2/p-2. The Bertz CT molecular complexity index is 699. The Hall–Kier alpha value is -0.306. The van der Waals surface area contributed by atoms with Crippen LogP contribution in [-0.2, 0) is 17.0 Å². The third-order valence-corrected chi connectivity index (χ3v) is 5.53. The van der Waals surface area contributed by atoms with Gasteiger partial charge in [-0.05, 0) is 49.9 Å². The topological polar surface area (TPSA) is 23.5 Å². The molecule has 0 amide bonds. The quantitative estimate of drug-likeness (QED) is 0.551. The Balaban J connectivity index is 0.000000701. The van der Waals surface area contributed by atoms with Crippen LogP contribution in [0.25, 0.3) is 0 Å². The summed E-state index contributed by atoms with van der Waals surface area (Å²) in [6.45, 7) is 3.88. The molecule has 1 fully saturated rings. The number of hydrogen-bond donors (Lipinski definition) is 1. The minimum atomic E-state index is -0.556. The maximum absolute atomic E-state index is 13.7. The van der Waals surface area contributed by atoms with Crippen LogP contribution < -0.4 is 15.5 Å². The second-order valence-corrected chi connectivity index (χ2v) is 9.78. The molecular weight excluding hydrogens is 415 g/mol. The zero-order valence-corrected chi connectivity index (χ0v) is 18.1. The van der Waals surface area contributed by atoms with Gasteiger partial charge in [0.25, 0.3) is 0 Å². The van der Waals surface area contributed by atoms with Gasteiger partial charge in [0.05, 0.1) is 0 Å². The van der Waals surface area contributed by atoms with E-state index in [1.807, 2.05) is 31.2 Å². The van der Waals surface area contributed by atoms with E-state index in [0.717, 1.165) is 47.8 Å². The van der Waals surface area contributed by atoms with Crippen molar-refractivity contribution < 1.29 is 26.5 Å². The first-order valence-electron chi connectivity index (χ1n) is 8.13. The molecule has 2 aromatic carbocycles. The summed E-state index contributed by atoms with van der Waals surface area (Å²) in [6.07, 6.45) is 3.58. The van der Waals surface area contributed by atoms with Crippen LogP contribution in [0.15, 0.2) is 36.4 Å². The van der Waals surface area contributed by atoms with Gasteiger partial charge in [0.15, 0.2) is 0 Å². The molecule has 1 N–H and O–H groups in total. The second-order valence-electron chi connectivity index (χ2n) is 5.88. The average molecular weight is 436 g/mol. The number of aryl methyl sites for hydroxylation is 1. The molecule has 0 saturated carbocycles. The SMILES string of the molecule is Cc1cccc(Pc2ccc(F)cc2N2CCCCC2)c1O.[Cl][Ti][Cl]. The minimum absolute atomic E-state index is 0.192. The van der Waals surface area contributed by atoms with Crippen LogP contribution in [0.1, 0.15) is 24.8 Å². The van der Waals surface area contributed by atoms with Crippen molar-refractivity contribution in [2.75, 3.05) is 18.0 Å². The van der Waals surface area contributed by atoms with Gasteiger partial charge in [-0.25, -0.2) is 4.39 Å². The first-order chi connectivity index (χ1) is 12.1. The number of nitrogens with zero attached hydrogens (tertiary/aromatic N) is 1. The first-order valence-corrected chi connectivity index (χ1v) is 13.4. The number of rotatable bonds is 3. The number of para-hydroxylation sites is 1. The molecule has 0 aliphatic carbocycles. The van der Waals surface area contributed by atoms with E-state index in [9.17, 15) is 9.50 Å². The van der Waals surface area contributed by atoms with Crippen LogP contribution in [0.2, 0.25) is 0 Å². The monoisotopic (exact) mass is 435 g/mol. The van der Waals surface area contributed by atoms with Gasteiger partial charge in [0.1, 0.15) is 11.6 Å². The van der Waals surface area contributed by atoms with Crippen molar-refractivity contribution in [3.8, 4) is 5.75 Å². The van der Waals surface area contributed by atoms with Crippen LogP contribution in [0.4, 0.5) is 10.1 Å². The van der Waals surface area contributed by atoms with Gasteiger partial charge in [0.2, 0.25) is 0 Å². The average Bonchev–Trinajstić information content (AvgIpc) is 2.62. The molecule has 1 atom stereocenters. The van der Waals surface area contributed by atoms with E-state index in [2.05, 4.69) is 4.90 Å². The fourth-order valence-corrected chi connectivity index (χ4v) is 4.22. The molecule has 0 aromatic heterocycles. The molecule has 0 radical (unpaired) electrons. The zero-order valence-electron chi connectivity index (χ0n) is 14.0. The summed E-state index contributed by atoms with van der Waals surface area (Å²) < 4.78 is 13.7. The number of phenolic OH excluding ortho intramolecular Hbond substituents is 1. The van der Waals surface area contributed by atoms with Gasteiger partial charge in [-0.2, -0.15) is 0 Å². The van der Waals surface area contributed by atoms with Crippen LogP contribution in [0.3, 0.4) is 0 Å². The number of anilines is 1. The molecule has 7 heteroatoms. The molecule has 1 aliphatic heterocycles. The number of aromatic hydroxyl groups is 1. The Morgan fingerprint density at radius 3 is 2.44 bits per heavy atom. The Morgan fingerprint density at radius 1 is 1.08 bits per heavy atom. The number of hydrogen-bond acceptors (Lipinski definition) is 2. The normalized spacial score (nSPS) is 14.3. The molecule has 0 spiro atoms. The van der Waals surface area contributed by atoms with Crippen LogP contribution in [-0.4, -0.2) is 18.2 Å². The molecular formula is C18H21Cl2FNOPTi. The summed E-state index contributed by atoms with van der Waals surface area (Å²) in [5.74, 6) is 0.164. The predicted molar refractivity (Wildman–Crippen MR) is 105 cm³/mol. The third-order valence-electron chi connectivity index (χ3n) is 4.16. The predicted octanol–water partition coefficient (Wildman–Crippen LogP) is 4.84. The van der Waals surface area contributed by atoms with Gasteiger partial charge in [-0.3, -0.25) is 0 Å². The summed E-state index contributed by atoms with van der Waals surface area (Å²) in [7, 11) is 10.1. The summed E-state index contributed by atoms with van der Waals surface area (Å²) in [4.78, 5) is 2.28. The van der Waals surface area contributed by atoms with Gasteiger partial charge in [-0.1, -0.05) is 26.8 Å². The third kappa shape index (κ3) is 6.12. The van der Waals surface area contributed by atoms with Crippen LogP contribution in [0.5, 0.6) is 5.75 Å². The Morgan fingerprint density at radius 2 is 1.76 bits per heavy atom. The van der Waals surface area contributed by atoms with Gasteiger partial charge in [0, 0.05) is 29.4 Å². The van der Waals surface area contributed by atoms with E-state index >= 15 is 0 Å². The Kier molecular flexibility index (Phi) is 9.03. The van der Waals surface area contributed by atoms with E-state index < -0.39 is 17.0 Å². The maximum atomic E-state index is 13.7. The molecule has 1 aliphatic rings. The van der Waals surface area contributed by atoms with Crippen molar-refractivity contribution in [3.63, 3.8) is 0 Å². The van der Waals surface area contributed by atoms with Crippen molar-refractivity contribution in [2.45, 2.75) is 26.2 Å². The summed E-state index contributed by atoms with van der Waals surface area (Å²) >= 11 is -0.556. The number of halogens is 3. The fraction of sp³-hybridized carbons (Fsp3) is 0.333. The van der Waals surface area contributed by atoms with Crippen LogP contribution >= 0.6 is 27.2 Å². The number of phenols is 1. The molecule has 2 aromatic rings. The molecule has 2 nitrogen and oxygen atoms in total. The molecule has 1 heterocycles. The molecule has 1 saturated heterocycles. The molecule has 1 unspecified atom stereocenters. The molecule has 3 rings (SSSR count). The van der Waals surface area contributed by atoms with Crippen molar-refractivity contribution in [3.05, 3.63) is 47.8 Å². The van der Waals surface area contributed by atoms with Crippen molar-refractivity contribution in [1.82, 2.24) is 0 Å². The van der Waals surface area contributed by atoms with Crippen molar-refractivity contribution in [2.24, 2.45) is 0 Å². The number of benzene rings is 2. The summed E-state index contributed by atoms with van der Waals surface area (Å²) in [5.41, 5.74) is 1.87. The van der Waals surface area contributed by atoms with Crippen molar-refractivity contribution in [1.29, 1.82) is 0 Å². The van der Waals surface area contributed by atoms with Gasteiger partial charge in [-0.15, -0.1) is 0 Å². The van der Waals surface area contributed by atoms with E-state index in [0.29, 0.717) is 14.3 Å². The summed E-state index contributed by atoms with van der Waals surface area (Å²) in [5, 5.41) is 12.3. The van der Waals surface area contributed by atoms with Gasteiger partial charge < -0.3 is 10.0 Å². The molecule has 0 bridgehead atoms. The zero-order chi connectivity index (χ0) is 18.2. The summed E-state index contributed by atoms with van der Waals surface area (Å²) in [6, 6.07) is 10.8.